The van der Waals surface area contributed by atoms with Crippen molar-refractivity contribution in [2.45, 2.75) is 19.8 Å². The molecule has 0 spiro atoms. The molecule has 0 N–H and O–H groups in total. The number of non-ortho nitro benzene ring substituents is 1. The summed E-state index contributed by atoms with van der Waals surface area (Å²) in [6, 6.07) is 18.6. The molecule has 0 saturated heterocycles. The van der Waals surface area contributed by atoms with E-state index in [1.54, 1.807) is 55.7 Å². The van der Waals surface area contributed by atoms with Gasteiger partial charge < -0.3 is 14.2 Å². The number of unbranched alkanes of at least 4 members (excludes halogenated alkanes) is 1. The summed E-state index contributed by atoms with van der Waals surface area (Å²) in [6.45, 7) is 2.72. The van der Waals surface area contributed by atoms with Gasteiger partial charge in [-0.1, -0.05) is 31.5 Å². The summed E-state index contributed by atoms with van der Waals surface area (Å²) in [5, 5.41) is 10.8. The van der Waals surface area contributed by atoms with E-state index in [9.17, 15) is 14.9 Å². The Morgan fingerprint density at radius 1 is 0.970 bits per heavy atom. The third kappa shape index (κ3) is 6.67. The summed E-state index contributed by atoms with van der Waals surface area (Å²) in [4.78, 5) is 22.5. The Morgan fingerprint density at radius 3 is 2.24 bits per heavy atom. The predicted molar refractivity (Wildman–Crippen MR) is 127 cm³/mol. The van der Waals surface area contributed by atoms with Crippen LogP contribution < -0.4 is 14.2 Å². The summed E-state index contributed by atoms with van der Waals surface area (Å²) in [7, 11) is 1.57. The van der Waals surface area contributed by atoms with Crippen LogP contribution in [-0.2, 0) is 4.79 Å². The van der Waals surface area contributed by atoms with Gasteiger partial charge in [0.15, 0.2) is 11.5 Å². The van der Waals surface area contributed by atoms with Crippen molar-refractivity contribution in [1.29, 1.82) is 0 Å². The molecule has 7 heteroatoms. The van der Waals surface area contributed by atoms with Crippen molar-refractivity contribution in [3.8, 4) is 28.4 Å². The van der Waals surface area contributed by atoms with Crippen LogP contribution in [0, 0.1) is 10.1 Å². The molecule has 0 saturated carbocycles. The number of carbonyl (C=O) groups excluding carboxylic acids is 1. The van der Waals surface area contributed by atoms with Crippen molar-refractivity contribution in [3.05, 3.63) is 88.5 Å². The van der Waals surface area contributed by atoms with Gasteiger partial charge in [-0.25, -0.2) is 4.79 Å². The molecule has 0 amide bonds. The van der Waals surface area contributed by atoms with Gasteiger partial charge in [0.25, 0.3) is 5.69 Å². The first-order chi connectivity index (χ1) is 16.0. The van der Waals surface area contributed by atoms with E-state index in [0.717, 1.165) is 29.5 Å². The number of nitro benzene ring substituents is 1. The van der Waals surface area contributed by atoms with Crippen LogP contribution in [0.15, 0.2) is 72.8 Å². The van der Waals surface area contributed by atoms with Crippen LogP contribution in [0.1, 0.15) is 25.3 Å². The van der Waals surface area contributed by atoms with Crippen LogP contribution in [-0.4, -0.2) is 24.6 Å². The Morgan fingerprint density at radius 2 is 1.64 bits per heavy atom. The molecule has 33 heavy (non-hydrogen) atoms. The van der Waals surface area contributed by atoms with Crippen molar-refractivity contribution < 1.29 is 23.9 Å². The van der Waals surface area contributed by atoms with Gasteiger partial charge in [0.05, 0.1) is 18.6 Å². The molecule has 0 heterocycles. The molecule has 0 aliphatic heterocycles. The first-order valence-corrected chi connectivity index (χ1v) is 10.6. The maximum absolute atomic E-state index is 12.2. The Hall–Kier alpha value is -4.13. The molecule has 0 fully saturated rings. The highest BCUT2D eigenvalue weighted by atomic mass is 16.6. The summed E-state index contributed by atoms with van der Waals surface area (Å²) in [6.07, 6.45) is 5.00. The lowest BCUT2D eigenvalue weighted by Gasteiger charge is -2.10. The molecular formula is C26H25NO6. The fourth-order valence-electron chi connectivity index (χ4n) is 3.04. The first-order valence-electron chi connectivity index (χ1n) is 10.6. The smallest absolute Gasteiger partial charge is 0.336 e. The monoisotopic (exact) mass is 447 g/mol. The maximum atomic E-state index is 12.2. The zero-order chi connectivity index (χ0) is 23.6. The summed E-state index contributed by atoms with van der Waals surface area (Å²) in [5.74, 6) is 1.15. The van der Waals surface area contributed by atoms with Gasteiger partial charge in [0.2, 0.25) is 0 Å². The van der Waals surface area contributed by atoms with Gasteiger partial charge in [0, 0.05) is 18.2 Å². The number of nitro groups is 1. The fourth-order valence-corrected chi connectivity index (χ4v) is 3.04. The van der Waals surface area contributed by atoms with E-state index < -0.39 is 10.9 Å². The van der Waals surface area contributed by atoms with Gasteiger partial charge in [-0.05, 0) is 65.6 Å². The lowest BCUT2D eigenvalue weighted by molar-refractivity contribution is -0.384. The van der Waals surface area contributed by atoms with Crippen molar-refractivity contribution in [2.75, 3.05) is 13.7 Å². The van der Waals surface area contributed by atoms with Crippen LogP contribution in [0.2, 0.25) is 0 Å². The molecule has 170 valence electrons. The molecule has 3 rings (SSSR count). The van der Waals surface area contributed by atoms with Crippen LogP contribution in [0.25, 0.3) is 17.2 Å². The average Bonchev–Trinajstić information content (AvgIpc) is 2.84. The van der Waals surface area contributed by atoms with E-state index >= 15 is 0 Å². The van der Waals surface area contributed by atoms with Gasteiger partial charge in [0.1, 0.15) is 5.75 Å². The van der Waals surface area contributed by atoms with Crippen molar-refractivity contribution in [1.82, 2.24) is 0 Å². The van der Waals surface area contributed by atoms with Crippen molar-refractivity contribution in [3.63, 3.8) is 0 Å². The van der Waals surface area contributed by atoms with E-state index in [1.807, 2.05) is 12.1 Å². The van der Waals surface area contributed by atoms with Crippen LogP contribution in [0.4, 0.5) is 5.69 Å². The number of carbonyl (C=O) groups is 1. The Kier molecular flexibility index (Phi) is 8.18. The number of hydrogen-bond donors (Lipinski definition) is 0. The molecule has 0 aliphatic carbocycles. The van der Waals surface area contributed by atoms with Crippen molar-refractivity contribution in [2.24, 2.45) is 0 Å². The molecule has 3 aromatic rings. The van der Waals surface area contributed by atoms with Crippen molar-refractivity contribution >= 4 is 17.7 Å². The summed E-state index contributed by atoms with van der Waals surface area (Å²) < 4.78 is 16.4. The first kappa shape index (κ1) is 23.5. The highest BCUT2D eigenvalue weighted by molar-refractivity contribution is 5.89. The second kappa shape index (κ2) is 11.5. The van der Waals surface area contributed by atoms with Crippen LogP contribution in [0.3, 0.4) is 0 Å². The molecule has 3 aromatic carbocycles. The number of nitrogens with zero attached hydrogens (tertiary/aromatic N) is 1. The lowest BCUT2D eigenvalue weighted by atomic mass is 10.1. The highest BCUT2D eigenvalue weighted by Crippen LogP contribution is 2.29. The standard InChI is InChI=1S/C26H25NO6/c1-3-4-17-32-24-15-5-19(18-25(24)31-2)6-16-26(28)33-23-13-9-21(10-14-23)20-7-11-22(12-8-20)27(29)30/h5-16,18H,3-4,17H2,1-2H3/b16-6+. The molecule has 0 atom stereocenters. The summed E-state index contributed by atoms with van der Waals surface area (Å²) >= 11 is 0. The third-order valence-electron chi connectivity index (χ3n) is 4.84. The molecular weight excluding hydrogens is 422 g/mol. The number of methoxy groups -OCH3 is 1. The van der Waals surface area contributed by atoms with Gasteiger partial charge in [-0.3, -0.25) is 10.1 Å². The van der Waals surface area contributed by atoms with E-state index in [0.29, 0.717) is 23.9 Å². The third-order valence-corrected chi connectivity index (χ3v) is 4.84. The average molecular weight is 447 g/mol. The van der Waals surface area contributed by atoms with Crippen LogP contribution in [0.5, 0.6) is 17.2 Å². The Bertz CT molecular complexity index is 1120. The number of benzene rings is 3. The minimum absolute atomic E-state index is 0.0346. The second-order valence-corrected chi connectivity index (χ2v) is 7.20. The fraction of sp³-hybridized carbons (Fsp3) is 0.192. The quantitative estimate of drug-likeness (QED) is 0.0936. The summed E-state index contributed by atoms with van der Waals surface area (Å²) in [5.41, 5.74) is 2.50. The highest BCUT2D eigenvalue weighted by Gasteiger charge is 2.07. The Labute approximate surface area is 192 Å². The minimum atomic E-state index is -0.514. The zero-order valence-electron chi connectivity index (χ0n) is 18.5. The number of rotatable bonds is 10. The van der Waals surface area contributed by atoms with E-state index in [4.69, 9.17) is 14.2 Å². The van der Waals surface area contributed by atoms with Gasteiger partial charge >= 0.3 is 5.97 Å². The van der Waals surface area contributed by atoms with Gasteiger partial charge in [-0.2, -0.15) is 0 Å². The topological polar surface area (TPSA) is 87.9 Å². The molecule has 7 nitrogen and oxygen atoms in total. The second-order valence-electron chi connectivity index (χ2n) is 7.20. The van der Waals surface area contributed by atoms with E-state index in [2.05, 4.69) is 6.92 Å². The lowest BCUT2D eigenvalue weighted by Crippen LogP contribution is -2.03. The van der Waals surface area contributed by atoms with E-state index in [-0.39, 0.29) is 5.69 Å². The molecule has 0 aromatic heterocycles. The van der Waals surface area contributed by atoms with E-state index in [1.165, 1.54) is 18.2 Å². The largest absolute Gasteiger partial charge is 0.493 e. The molecule has 0 aliphatic rings. The zero-order valence-corrected chi connectivity index (χ0v) is 18.5. The molecule has 0 bridgehead atoms. The predicted octanol–water partition coefficient (Wildman–Crippen LogP) is 6.07. The molecule has 0 unspecified atom stereocenters. The number of ether oxygens (including phenoxy) is 3. The Balaban J connectivity index is 1.60. The number of hydrogen-bond acceptors (Lipinski definition) is 6. The molecule has 0 radical (unpaired) electrons. The maximum Gasteiger partial charge on any atom is 0.336 e. The van der Waals surface area contributed by atoms with Gasteiger partial charge in [-0.15, -0.1) is 0 Å². The number of esters is 1. The SMILES string of the molecule is CCCCOc1ccc(/C=C/C(=O)Oc2ccc(-c3ccc([N+](=O)[O-])cc3)cc2)cc1OC. The normalized spacial score (nSPS) is 10.7. The minimum Gasteiger partial charge on any atom is -0.493 e. The van der Waals surface area contributed by atoms with Crippen LogP contribution >= 0.6 is 0 Å².